The molecule has 5 nitrogen and oxygen atoms in total. The van der Waals surface area contributed by atoms with Crippen molar-refractivity contribution in [1.29, 1.82) is 0 Å². The topological polar surface area (TPSA) is 66.3 Å². The summed E-state index contributed by atoms with van der Waals surface area (Å²) in [6.45, 7) is 3.81. The molecule has 0 saturated heterocycles. The number of amides is 1. The zero-order valence-electron chi connectivity index (χ0n) is 11.6. The van der Waals surface area contributed by atoms with Crippen molar-refractivity contribution in [3.8, 4) is 0 Å². The van der Waals surface area contributed by atoms with Gasteiger partial charge in [-0.3, -0.25) is 4.79 Å². The van der Waals surface area contributed by atoms with E-state index in [1.54, 1.807) is 0 Å². The fourth-order valence-electron chi connectivity index (χ4n) is 2.54. The van der Waals surface area contributed by atoms with E-state index in [9.17, 15) is 4.79 Å². The van der Waals surface area contributed by atoms with Gasteiger partial charge < -0.3 is 20.4 Å². The Morgan fingerprint density at radius 2 is 1.91 bits per heavy atom. The fourth-order valence-corrected chi connectivity index (χ4v) is 2.54. The highest BCUT2D eigenvalue weighted by Crippen LogP contribution is 2.32. The first-order valence-corrected chi connectivity index (χ1v) is 6.85. The van der Waals surface area contributed by atoms with Gasteiger partial charge in [-0.2, -0.15) is 0 Å². The highest BCUT2D eigenvalue weighted by Gasteiger charge is 2.16. The van der Waals surface area contributed by atoms with Gasteiger partial charge >= 0.3 is 0 Å². The van der Waals surface area contributed by atoms with Crippen LogP contribution in [-0.2, 0) is 0 Å². The lowest BCUT2D eigenvalue weighted by Gasteiger charge is -2.06. The van der Waals surface area contributed by atoms with E-state index in [-0.39, 0.29) is 5.91 Å². The number of carbonyl (C=O) groups excluding carboxylic acids is 1. The molecule has 0 fully saturated rings. The van der Waals surface area contributed by atoms with E-state index in [0.717, 1.165) is 22.6 Å². The molecule has 2 aromatic carbocycles. The van der Waals surface area contributed by atoms with Crippen LogP contribution in [0.5, 0.6) is 0 Å². The van der Waals surface area contributed by atoms with Crippen molar-refractivity contribution in [3.63, 3.8) is 0 Å². The summed E-state index contributed by atoms with van der Waals surface area (Å²) < 4.78 is 5.40. The lowest BCUT2D eigenvalue weighted by atomic mass is 10.1. The molecule has 1 aliphatic heterocycles. The number of anilines is 3. The summed E-state index contributed by atoms with van der Waals surface area (Å²) in [4.78, 5) is 12.4. The van der Waals surface area contributed by atoms with Gasteiger partial charge in [0, 0.05) is 11.1 Å². The molecule has 0 unspecified atom stereocenters. The molecule has 3 aromatic rings. The summed E-state index contributed by atoms with van der Waals surface area (Å²) in [5.74, 6) is 0.522. The molecule has 1 amide bonds. The van der Waals surface area contributed by atoms with Gasteiger partial charge in [0.1, 0.15) is 17.7 Å². The van der Waals surface area contributed by atoms with E-state index in [0.29, 0.717) is 16.8 Å². The van der Waals surface area contributed by atoms with Crippen LogP contribution in [0.25, 0.3) is 11.0 Å². The van der Waals surface area contributed by atoms with E-state index in [4.69, 9.17) is 4.42 Å². The van der Waals surface area contributed by atoms with Crippen LogP contribution in [0, 0.1) is 0 Å². The maximum Gasteiger partial charge on any atom is 0.259 e. The second kappa shape index (κ2) is 4.66. The minimum atomic E-state index is -0.199. The van der Waals surface area contributed by atoms with Crippen molar-refractivity contribution in [2.24, 2.45) is 0 Å². The summed E-state index contributed by atoms with van der Waals surface area (Å²) in [5, 5.41) is 9.88. The molecule has 1 aliphatic rings. The van der Waals surface area contributed by atoms with Gasteiger partial charge in [0.15, 0.2) is 0 Å². The Morgan fingerprint density at radius 1 is 1.09 bits per heavy atom. The SMILES string of the molecule is C=C1Nc2ccc(NC(=O)c3coc4ccccc34)cc2N1. The minimum Gasteiger partial charge on any atom is -0.463 e. The molecule has 22 heavy (non-hydrogen) atoms. The molecule has 5 heteroatoms. The van der Waals surface area contributed by atoms with E-state index in [2.05, 4.69) is 22.5 Å². The molecule has 0 spiro atoms. The highest BCUT2D eigenvalue weighted by atomic mass is 16.3. The molecule has 3 N–H and O–H groups in total. The number of benzene rings is 2. The van der Waals surface area contributed by atoms with Crippen LogP contribution < -0.4 is 16.0 Å². The average molecular weight is 291 g/mol. The Balaban J connectivity index is 1.63. The number of nitrogens with one attached hydrogen (secondary N) is 3. The summed E-state index contributed by atoms with van der Waals surface area (Å²) in [5.41, 5.74) is 3.75. The average Bonchev–Trinajstić information content (AvgIpc) is 3.09. The number of rotatable bonds is 2. The van der Waals surface area contributed by atoms with Crippen molar-refractivity contribution < 1.29 is 9.21 Å². The standard InChI is InChI=1S/C17H13N3O2/c1-10-18-14-7-6-11(8-15(14)19-10)20-17(21)13-9-22-16-5-3-2-4-12(13)16/h2-9,18-19H,1H2,(H,20,21). The first kappa shape index (κ1) is 12.5. The molecule has 2 heterocycles. The van der Waals surface area contributed by atoms with Gasteiger partial charge in [-0.1, -0.05) is 24.8 Å². The van der Waals surface area contributed by atoms with Crippen LogP contribution in [0.1, 0.15) is 10.4 Å². The first-order valence-electron chi connectivity index (χ1n) is 6.85. The number of hydrogen-bond donors (Lipinski definition) is 3. The predicted molar refractivity (Wildman–Crippen MR) is 87.0 cm³/mol. The molecule has 0 atom stereocenters. The summed E-state index contributed by atoms with van der Waals surface area (Å²) in [6.07, 6.45) is 1.48. The molecule has 0 radical (unpaired) electrons. The summed E-state index contributed by atoms with van der Waals surface area (Å²) in [6, 6.07) is 13.1. The molecule has 108 valence electrons. The molecule has 4 rings (SSSR count). The number of carbonyl (C=O) groups is 1. The van der Waals surface area contributed by atoms with Crippen LogP contribution in [-0.4, -0.2) is 5.91 Å². The summed E-state index contributed by atoms with van der Waals surface area (Å²) >= 11 is 0. The van der Waals surface area contributed by atoms with Gasteiger partial charge in [-0.25, -0.2) is 0 Å². The zero-order valence-corrected chi connectivity index (χ0v) is 11.6. The Morgan fingerprint density at radius 3 is 2.82 bits per heavy atom. The molecule has 1 aromatic heterocycles. The second-order valence-corrected chi connectivity index (χ2v) is 5.09. The molecular formula is C17H13N3O2. The molecule has 0 saturated carbocycles. The zero-order chi connectivity index (χ0) is 15.1. The normalized spacial score (nSPS) is 12.6. The third-order valence-corrected chi connectivity index (χ3v) is 3.57. The monoisotopic (exact) mass is 291 g/mol. The van der Waals surface area contributed by atoms with Crippen molar-refractivity contribution in [2.75, 3.05) is 16.0 Å². The smallest absolute Gasteiger partial charge is 0.259 e. The van der Waals surface area contributed by atoms with Gasteiger partial charge in [0.2, 0.25) is 0 Å². The van der Waals surface area contributed by atoms with Crippen LogP contribution in [0.15, 0.2) is 65.5 Å². The van der Waals surface area contributed by atoms with E-state index in [1.165, 1.54) is 6.26 Å². The summed E-state index contributed by atoms with van der Waals surface area (Å²) in [7, 11) is 0. The number of furan rings is 1. The van der Waals surface area contributed by atoms with Gasteiger partial charge in [-0.15, -0.1) is 0 Å². The third kappa shape index (κ3) is 2.00. The molecule has 0 bridgehead atoms. The van der Waals surface area contributed by atoms with E-state index >= 15 is 0 Å². The Kier molecular flexibility index (Phi) is 2.66. The van der Waals surface area contributed by atoms with Crippen molar-refractivity contribution >= 4 is 33.9 Å². The van der Waals surface area contributed by atoms with Crippen LogP contribution in [0.4, 0.5) is 17.1 Å². The van der Waals surface area contributed by atoms with Gasteiger partial charge in [-0.05, 0) is 24.3 Å². The quantitative estimate of drug-likeness (QED) is 0.668. The highest BCUT2D eigenvalue weighted by molar-refractivity contribution is 6.12. The fraction of sp³-hybridized carbons (Fsp3) is 0. The van der Waals surface area contributed by atoms with Crippen LogP contribution in [0.2, 0.25) is 0 Å². The number of hydrogen-bond acceptors (Lipinski definition) is 4. The Labute approximate surface area is 126 Å². The van der Waals surface area contributed by atoms with Crippen molar-refractivity contribution in [2.45, 2.75) is 0 Å². The van der Waals surface area contributed by atoms with E-state index in [1.807, 2.05) is 42.5 Å². The lowest BCUT2D eigenvalue weighted by molar-refractivity contribution is 0.102. The van der Waals surface area contributed by atoms with Crippen LogP contribution in [0.3, 0.4) is 0 Å². The van der Waals surface area contributed by atoms with Crippen molar-refractivity contribution in [3.05, 3.63) is 66.7 Å². The third-order valence-electron chi connectivity index (χ3n) is 3.57. The van der Waals surface area contributed by atoms with Crippen LogP contribution >= 0.6 is 0 Å². The minimum absolute atomic E-state index is 0.199. The van der Waals surface area contributed by atoms with Crippen molar-refractivity contribution in [1.82, 2.24) is 0 Å². The second-order valence-electron chi connectivity index (χ2n) is 5.09. The Hall–Kier alpha value is -3.21. The first-order chi connectivity index (χ1) is 10.7. The van der Waals surface area contributed by atoms with E-state index < -0.39 is 0 Å². The molecule has 0 aliphatic carbocycles. The Bertz CT molecular complexity index is 911. The predicted octanol–water partition coefficient (Wildman–Crippen LogP) is 3.99. The maximum absolute atomic E-state index is 12.4. The van der Waals surface area contributed by atoms with Gasteiger partial charge in [0.25, 0.3) is 5.91 Å². The van der Waals surface area contributed by atoms with Gasteiger partial charge in [0.05, 0.1) is 16.9 Å². The molecular weight excluding hydrogens is 278 g/mol. The number of fused-ring (bicyclic) bond motifs is 2. The maximum atomic E-state index is 12.4. The number of para-hydroxylation sites is 1. The largest absolute Gasteiger partial charge is 0.463 e. The lowest BCUT2D eigenvalue weighted by Crippen LogP contribution is -2.11.